The van der Waals surface area contributed by atoms with Gasteiger partial charge in [-0.3, -0.25) is 9.59 Å². The molecular formula is C18H23N3O2. The molecule has 2 rings (SSSR count). The fourth-order valence-corrected chi connectivity index (χ4v) is 3.11. The van der Waals surface area contributed by atoms with Gasteiger partial charge in [-0.15, -0.1) is 0 Å². The molecular weight excluding hydrogens is 290 g/mol. The minimum Gasteiger partial charge on any atom is -0.338 e. The first-order chi connectivity index (χ1) is 11.1. The molecule has 0 aromatic heterocycles. The summed E-state index contributed by atoms with van der Waals surface area (Å²) in [6.07, 6.45) is 4.15. The van der Waals surface area contributed by atoms with Gasteiger partial charge in [-0.1, -0.05) is 13.0 Å². The van der Waals surface area contributed by atoms with Gasteiger partial charge in [0.25, 0.3) is 0 Å². The van der Waals surface area contributed by atoms with Crippen molar-refractivity contribution in [1.29, 1.82) is 5.26 Å². The third-order valence-electron chi connectivity index (χ3n) is 4.38. The standard InChI is InChI=1S/C18H23N3O2/c1-3-16-8-4-5-10-20(16)18(23)13-21(14(2)22)17-9-6-7-15(11-17)12-19/h6-7,9,11,16H,3-5,8,10,13H2,1-2H3. The van der Waals surface area contributed by atoms with Crippen LogP contribution in [0.1, 0.15) is 45.1 Å². The molecule has 1 aliphatic heterocycles. The van der Waals surface area contributed by atoms with E-state index in [4.69, 9.17) is 5.26 Å². The van der Waals surface area contributed by atoms with Crippen LogP contribution in [0.25, 0.3) is 0 Å². The minimum atomic E-state index is -0.196. The first-order valence-corrected chi connectivity index (χ1v) is 8.14. The molecule has 1 aromatic rings. The summed E-state index contributed by atoms with van der Waals surface area (Å²) in [5, 5.41) is 9.01. The molecule has 2 amide bonds. The Balaban J connectivity index is 2.17. The molecule has 5 nitrogen and oxygen atoms in total. The van der Waals surface area contributed by atoms with Gasteiger partial charge >= 0.3 is 0 Å². The van der Waals surface area contributed by atoms with Crippen LogP contribution < -0.4 is 4.90 Å². The van der Waals surface area contributed by atoms with Gasteiger partial charge in [-0.2, -0.15) is 5.26 Å². The Hall–Kier alpha value is -2.35. The maximum Gasteiger partial charge on any atom is 0.242 e. The van der Waals surface area contributed by atoms with Gasteiger partial charge in [0.2, 0.25) is 11.8 Å². The number of carbonyl (C=O) groups excluding carboxylic acids is 2. The summed E-state index contributed by atoms with van der Waals surface area (Å²) in [5.74, 6) is -0.215. The highest BCUT2D eigenvalue weighted by molar-refractivity contribution is 5.97. The van der Waals surface area contributed by atoms with Crippen LogP contribution in [-0.4, -0.2) is 35.8 Å². The number of nitrogens with zero attached hydrogens (tertiary/aromatic N) is 3. The molecule has 1 atom stereocenters. The van der Waals surface area contributed by atoms with Crippen molar-refractivity contribution >= 4 is 17.5 Å². The highest BCUT2D eigenvalue weighted by Crippen LogP contribution is 2.21. The number of amides is 2. The van der Waals surface area contributed by atoms with Gasteiger partial charge in [0.15, 0.2) is 0 Å². The lowest BCUT2D eigenvalue weighted by molar-refractivity contribution is -0.134. The van der Waals surface area contributed by atoms with Crippen LogP contribution in [-0.2, 0) is 9.59 Å². The average Bonchev–Trinajstić information content (AvgIpc) is 2.59. The second-order valence-corrected chi connectivity index (χ2v) is 5.91. The maximum absolute atomic E-state index is 12.7. The van der Waals surface area contributed by atoms with Crippen LogP contribution in [0.4, 0.5) is 5.69 Å². The Morgan fingerprint density at radius 3 is 2.83 bits per heavy atom. The van der Waals surface area contributed by atoms with Crippen LogP contribution in [0.15, 0.2) is 24.3 Å². The van der Waals surface area contributed by atoms with Crippen LogP contribution in [0.5, 0.6) is 0 Å². The van der Waals surface area contributed by atoms with E-state index in [1.54, 1.807) is 24.3 Å². The lowest BCUT2D eigenvalue weighted by Crippen LogP contribution is -2.48. The van der Waals surface area contributed by atoms with Gasteiger partial charge in [-0.05, 0) is 43.9 Å². The first kappa shape index (κ1) is 17.0. The number of nitriles is 1. The third kappa shape index (κ3) is 4.10. The highest BCUT2D eigenvalue weighted by atomic mass is 16.2. The van der Waals surface area contributed by atoms with Crippen LogP contribution >= 0.6 is 0 Å². The summed E-state index contributed by atoms with van der Waals surface area (Å²) in [6.45, 7) is 4.33. The monoisotopic (exact) mass is 313 g/mol. The number of piperidine rings is 1. The Bertz CT molecular complexity index is 621. The van der Waals surface area contributed by atoms with Gasteiger partial charge in [-0.25, -0.2) is 0 Å². The van der Waals surface area contributed by atoms with Crippen molar-refractivity contribution in [2.24, 2.45) is 0 Å². The molecule has 5 heteroatoms. The number of hydrogen-bond acceptors (Lipinski definition) is 3. The molecule has 0 bridgehead atoms. The highest BCUT2D eigenvalue weighted by Gasteiger charge is 2.27. The fraction of sp³-hybridized carbons (Fsp3) is 0.500. The second-order valence-electron chi connectivity index (χ2n) is 5.91. The number of likely N-dealkylation sites (tertiary alicyclic amines) is 1. The van der Waals surface area contributed by atoms with Crippen LogP contribution in [0, 0.1) is 11.3 Å². The first-order valence-electron chi connectivity index (χ1n) is 8.14. The van der Waals surface area contributed by atoms with E-state index in [0.29, 0.717) is 11.3 Å². The smallest absolute Gasteiger partial charge is 0.242 e. The molecule has 1 aromatic carbocycles. The fourth-order valence-electron chi connectivity index (χ4n) is 3.11. The number of anilines is 1. The molecule has 0 radical (unpaired) electrons. The van der Waals surface area contributed by atoms with E-state index >= 15 is 0 Å². The lowest BCUT2D eigenvalue weighted by atomic mass is 10.00. The third-order valence-corrected chi connectivity index (χ3v) is 4.38. The van der Waals surface area contributed by atoms with E-state index in [9.17, 15) is 9.59 Å². The Labute approximate surface area is 137 Å². The van der Waals surface area contributed by atoms with Gasteiger partial charge in [0, 0.05) is 25.2 Å². The van der Waals surface area contributed by atoms with E-state index in [1.165, 1.54) is 11.8 Å². The SMILES string of the molecule is CCC1CCCCN1C(=O)CN(C(C)=O)c1cccc(C#N)c1. The Morgan fingerprint density at radius 2 is 2.17 bits per heavy atom. The topological polar surface area (TPSA) is 64.4 Å². The summed E-state index contributed by atoms with van der Waals surface area (Å²) < 4.78 is 0. The van der Waals surface area contributed by atoms with Crippen molar-refractivity contribution in [3.63, 3.8) is 0 Å². The predicted octanol–water partition coefficient (Wildman–Crippen LogP) is 2.70. The van der Waals surface area contributed by atoms with Gasteiger partial charge in [0.1, 0.15) is 6.54 Å². The largest absolute Gasteiger partial charge is 0.338 e. The van der Waals surface area contributed by atoms with Gasteiger partial charge < -0.3 is 9.80 Å². The van der Waals surface area contributed by atoms with Crippen molar-refractivity contribution in [2.75, 3.05) is 18.0 Å². The maximum atomic E-state index is 12.7. The van der Waals surface area contributed by atoms with Crippen LogP contribution in [0.3, 0.4) is 0 Å². The van der Waals surface area contributed by atoms with Gasteiger partial charge in [0.05, 0.1) is 11.6 Å². The number of carbonyl (C=O) groups is 2. The zero-order valence-electron chi connectivity index (χ0n) is 13.8. The van der Waals surface area contributed by atoms with Crippen molar-refractivity contribution < 1.29 is 9.59 Å². The second kappa shape index (κ2) is 7.77. The molecule has 1 fully saturated rings. The lowest BCUT2D eigenvalue weighted by Gasteiger charge is -2.36. The Morgan fingerprint density at radius 1 is 1.39 bits per heavy atom. The molecule has 0 saturated carbocycles. The predicted molar refractivity (Wildman–Crippen MR) is 88.8 cm³/mol. The van der Waals surface area contributed by atoms with Crippen molar-refractivity contribution in [3.8, 4) is 6.07 Å². The van der Waals surface area contributed by atoms with Crippen molar-refractivity contribution in [3.05, 3.63) is 29.8 Å². The zero-order valence-corrected chi connectivity index (χ0v) is 13.8. The summed E-state index contributed by atoms with van der Waals surface area (Å²) in [5.41, 5.74) is 1.07. The number of rotatable bonds is 4. The van der Waals surface area contributed by atoms with E-state index in [0.717, 1.165) is 32.2 Å². The molecule has 0 aliphatic carbocycles. The summed E-state index contributed by atoms with van der Waals surface area (Å²) in [4.78, 5) is 28.0. The normalized spacial score (nSPS) is 17.4. The minimum absolute atomic E-state index is 0.0193. The van der Waals surface area contributed by atoms with Crippen LogP contribution in [0.2, 0.25) is 0 Å². The molecule has 0 spiro atoms. The van der Waals surface area contributed by atoms with E-state index in [1.807, 2.05) is 4.90 Å². The molecule has 1 unspecified atom stereocenters. The van der Waals surface area contributed by atoms with E-state index in [2.05, 4.69) is 13.0 Å². The summed E-state index contributed by atoms with van der Waals surface area (Å²) in [7, 11) is 0. The number of benzene rings is 1. The molecule has 1 saturated heterocycles. The molecule has 1 aliphatic rings. The van der Waals surface area contributed by atoms with Crippen molar-refractivity contribution in [2.45, 2.75) is 45.6 Å². The summed E-state index contributed by atoms with van der Waals surface area (Å²) >= 11 is 0. The molecule has 122 valence electrons. The quantitative estimate of drug-likeness (QED) is 0.858. The number of hydrogen-bond donors (Lipinski definition) is 0. The molecule has 0 N–H and O–H groups in total. The van der Waals surface area contributed by atoms with Crippen molar-refractivity contribution in [1.82, 2.24) is 4.90 Å². The van der Waals surface area contributed by atoms with E-state index < -0.39 is 0 Å². The zero-order chi connectivity index (χ0) is 16.8. The molecule has 1 heterocycles. The molecule has 23 heavy (non-hydrogen) atoms. The Kier molecular flexibility index (Phi) is 5.75. The summed E-state index contributed by atoms with van der Waals surface area (Å²) in [6, 6.07) is 9.14. The average molecular weight is 313 g/mol. The van der Waals surface area contributed by atoms with E-state index in [-0.39, 0.29) is 24.4 Å².